The number of ether oxygens (including phenoxy) is 1. The van der Waals surface area contributed by atoms with Crippen molar-refractivity contribution in [3.05, 3.63) is 90.0 Å². The molecule has 0 bridgehead atoms. The average molecular weight is 660 g/mol. The Morgan fingerprint density at radius 2 is 1.56 bits per heavy atom. The maximum Gasteiger partial charge on any atom is 0.573 e. The third-order valence-corrected chi connectivity index (χ3v) is 10.3. The van der Waals surface area contributed by atoms with Crippen LogP contribution < -0.4 is 20.0 Å². The number of aromatic hydroxyl groups is 1. The highest BCUT2D eigenvalue weighted by atomic mass is 19.4. The summed E-state index contributed by atoms with van der Waals surface area (Å²) < 4.78 is 44.1. The van der Waals surface area contributed by atoms with Gasteiger partial charge in [0.25, 0.3) is 0 Å². The molecule has 10 nitrogen and oxygen atoms in total. The number of benzene rings is 3. The zero-order valence-corrected chi connectivity index (χ0v) is 25.3. The number of imide groups is 2. The molecule has 0 radical (unpaired) electrons. The first kappa shape index (κ1) is 31.6. The molecule has 4 aliphatic rings. The van der Waals surface area contributed by atoms with Crippen LogP contribution in [-0.4, -0.2) is 52.3 Å². The van der Waals surface area contributed by atoms with Crippen molar-refractivity contribution in [2.75, 3.05) is 9.80 Å². The molecule has 3 fully saturated rings. The van der Waals surface area contributed by atoms with Gasteiger partial charge in [0, 0.05) is 11.5 Å². The molecule has 3 aromatic rings. The Morgan fingerprint density at radius 1 is 0.854 bits per heavy atom. The molecule has 3 N–H and O–H groups in total. The van der Waals surface area contributed by atoms with Crippen LogP contribution in [0.4, 0.5) is 24.5 Å². The van der Waals surface area contributed by atoms with E-state index >= 15 is 0 Å². The molecular weight excluding hydrogens is 632 g/mol. The van der Waals surface area contributed by atoms with Crippen LogP contribution in [0, 0.1) is 29.1 Å². The number of phenols is 1. The average Bonchev–Trinajstić information content (AvgIpc) is 3.41. The summed E-state index contributed by atoms with van der Waals surface area (Å²) in [6.07, 6.45) is -3.34. The number of para-hydroxylation sites is 1. The lowest BCUT2D eigenvalue weighted by Gasteiger charge is -2.49. The van der Waals surface area contributed by atoms with Crippen molar-refractivity contribution in [1.82, 2.24) is 0 Å². The quantitative estimate of drug-likeness (QED) is 0.215. The van der Waals surface area contributed by atoms with Crippen LogP contribution in [-0.2, 0) is 19.2 Å². The Balaban J connectivity index is 1.37. The third-order valence-electron chi connectivity index (χ3n) is 10.3. The van der Waals surface area contributed by atoms with Gasteiger partial charge >= 0.3 is 13.5 Å². The lowest BCUT2D eigenvalue weighted by Crippen LogP contribution is -2.49. The van der Waals surface area contributed by atoms with E-state index in [0.29, 0.717) is 11.3 Å². The molecule has 1 saturated carbocycles. The SMILES string of the molecule is C[C@@]12C(=O)N(c3ccccc3)C(=O)[C@@H]1C[C@@H]1C(=CC[C@@H]3C(=O)N(c4cccc(B(O)O)c4)C(=O)[C@@H]31)[C@@H]2c1cc(OC(F)(F)F)ccc1O. The van der Waals surface area contributed by atoms with Gasteiger partial charge in [-0.15, -0.1) is 13.2 Å². The maximum absolute atomic E-state index is 14.4. The first-order chi connectivity index (χ1) is 22.7. The first-order valence-corrected chi connectivity index (χ1v) is 15.3. The van der Waals surface area contributed by atoms with E-state index in [-0.39, 0.29) is 29.6 Å². The molecule has 246 valence electrons. The van der Waals surface area contributed by atoms with Crippen LogP contribution in [0.15, 0.2) is 84.4 Å². The monoisotopic (exact) mass is 660 g/mol. The topological polar surface area (TPSA) is 145 Å². The van der Waals surface area contributed by atoms with E-state index < -0.39 is 83.6 Å². The Hall–Kier alpha value is -4.95. The number of alkyl halides is 3. The second-order valence-electron chi connectivity index (χ2n) is 12.7. The Morgan fingerprint density at radius 3 is 2.25 bits per heavy atom. The van der Waals surface area contributed by atoms with E-state index in [0.717, 1.165) is 28.0 Å². The summed E-state index contributed by atoms with van der Waals surface area (Å²) in [5.41, 5.74) is -0.767. The molecule has 2 aliphatic heterocycles. The van der Waals surface area contributed by atoms with Crippen molar-refractivity contribution in [3.8, 4) is 11.5 Å². The number of rotatable bonds is 5. The summed E-state index contributed by atoms with van der Waals surface area (Å²) in [5, 5.41) is 30.5. The first-order valence-electron chi connectivity index (χ1n) is 15.3. The molecule has 7 rings (SSSR count). The number of nitrogens with zero attached hydrogens (tertiary/aromatic N) is 2. The van der Waals surface area contributed by atoms with Crippen molar-refractivity contribution < 1.29 is 52.2 Å². The molecule has 4 amide bonds. The number of fused-ring (bicyclic) bond motifs is 4. The molecular formula is C34H28BF3N2O8. The van der Waals surface area contributed by atoms with Gasteiger partial charge in [-0.1, -0.05) is 42.0 Å². The Kier molecular flexibility index (Phi) is 7.29. The summed E-state index contributed by atoms with van der Waals surface area (Å²) in [7, 11) is -1.85. The number of hydrogen-bond acceptors (Lipinski definition) is 8. The second-order valence-corrected chi connectivity index (χ2v) is 12.7. The maximum atomic E-state index is 14.4. The predicted molar refractivity (Wildman–Crippen MR) is 165 cm³/mol. The minimum atomic E-state index is -5.06. The van der Waals surface area contributed by atoms with Gasteiger partial charge in [-0.05, 0) is 73.6 Å². The summed E-state index contributed by atoms with van der Waals surface area (Å²) in [6.45, 7) is 1.55. The molecule has 2 aliphatic carbocycles. The predicted octanol–water partition coefficient (Wildman–Crippen LogP) is 3.41. The number of phenolic OH excluding ortho intramolecular Hbond substituents is 1. The molecule has 14 heteroatoms. The summed E-state index contributed by atoms with van der Waals surface area (Å²) in [4.78, 5) is 58.7. The number of carbonyl (C=O) groups is 4. The van der Waals surface area contributed by atoms with Gasteiger partial charge in [0.1, 0.15) is 11.5 Å². The van der Waals surface area contributed by atoms with Crippen molar-refractivity contribution in [2.24, 2.45) is 29.1 Å². The highest BCUT2D eigenvalue weighted by Crippen LogP contribution is 2.64. The van der Waals surface area contributed by atoms with E-state index in [1.54, 1.807) is 43.3 Å². The van der Waals surface area contributed by atoms with Crippen LogP contribution in [0.3, 0.4) is 0 Å². The van der Waals surface area contributed by atoms with Crippen LogP contribution in [0.5, 0.6) is 11.5 Å². The molecule has 3 aromatic carbocycles. The molecule has 0 spiro atoms. The van der Waals surface area contributed by atoms with Gasteiger partial charge in [-0.2, -0.15) is 0 Å². The van der Waals surface area contributed by atoms with E-state index in [9.17, 15) is 47.5 Å². The van der Waals surface area contributed by atoms with E-state index in [4.69, 9.17) is 0 Å². The lowest BCUT2D eigenvalue weighted by molar-refractivity contribution is -0.274. The summed E-state index contributed by atoms with van der Waals surface area (Å²) >= 11 is 0. The van der Waals surface area contributed by atoms with Crippen LogP contribution in [0.2, 0.25) is 0 Å². The smallest absolute Gasteiger partial charge is 0.508 e. The minimum absolute atomic E-state index is 0.0182. The summed E-state index contributed by atoms with van der Waals surface area (Å²) in [6, 6.07) is 16.8. The molecule has 6 atom stereocenters. The van der Waals surface area contributed by atoms with E-state index in [1.165, 1.54) is 24.3 Å². The second kappa shape index (κ2) is 11.1. The highest BCUT2D eigenvalue weighted by Gasteiger charge is 2.68. The normalized spacial score (nSPS) is 28.2. The molecule has 0 aromatic heterocycles. The standard InChI is InChI=1S/C34H28BF3N2O8/c1-33-25(30(43)40(32(33)45)18-7-3-2-4-8-18)16-23-21(28(33)24-15-20(10-13-26(24)41)48-34(36,37)38)11-12-22-27(23)31(44)39(29(22)42)19-9-5-6-17(14-19)35(46)47/h2-11,13-15,22-23,25,27-28,41,46-47H,12,16H2,1H3/t22-,23+,25-,27-,28+,33+/m0/s1. The number of hydrogen-bond donors (Lipinski definition) is 3. The van der Waals surface area contributed by atoms with Gasteiger partial charge < -0.3 is 19.9 Å². The van der Waals surface area contributed by atoms with Gasteiger partial charge in [0.05, 0.1) is 34.5 Å². The van der Waals surface area contributed by atoms with Crippen molar-refractivity contribution >= 4 is 47.6 Å². The van der Waals surface area contributed by atoms with Crippen LogP contribution >= 0.6 is 0 Å². The third kappa shape index (κ3) is 4.73. The van der Waals surface area contributed by atoms with Crippen molar-refractivity contribution in [3.63, 3.8) is 0 Å². The highest BCUT2D eigenvalue weighted by molar-refractivity contribution is 6.58. The van der Waals surface area contributed by atoms with Gasteiger partial charge in [0.15, 0.2) is 0 Å². The van der Waals surface area contributed by atoms with E-state index in [2.05, 4.69) is 4.74 Å². The van der Waals surface area contributed by atoms with Gasteiger partial charge in [-0.3, -0.25) is 24.1 Å². The number of amides is 4. The largest absolute Gasteiger partial charge is 0.573 e. The molecule has 48 heavy (non-hydrogen) atoms. The van der Waals surface area contributed by atoms with Crippen molar-refractivity contribution in [2.45, 2.75) is 32.0 Å². The number of allylic oxidation sites excluding steroid dienone is 2. The van der Waals surface area contributed by atoms with Crippen LogP contribution in [0.1, 0.15) is 31.2 Å². The zero-order chi connectivity index (χ0) is 34.3. The van der Waals surface area contributed by atoms with Gasteiger partial charge in [-0.25, -0.2) is 4.90 Å². The Bertz CT molecular complexity index is 1900. The number of carbonyl (C=O) groups excluding carboxylic acids is 4. The number of anilines is 2. The fourth-order valence-electron chi connectivity index (χ4n) is 8.22. The number of halogens is 3. The van der Waals surface area contributed by atoms with E-state index in [1.807, 2.05) is 0 Å². The lowest BCUT2D eigenvalue weighted by atomic mass is 9.51. The Labute approximate surface area is 272 Å². The summed E-state index contributed by atoms with van der Waals surface area (Å²) in [5.74, 6) is -8.31. The fourth-order valence-corrected chi connectivity index (χ4v) is 8.22. The molecule has 2 saturated heterocycles. The molecule has 0 unspecified atom stereocenters. The fraction of sp³-hybridized carbons (Fsp3) is 0.294. The minimum Gasteiger partial charge on any atom is -0.508 e. The van der Waals surface area contributed by atoms with Gasteiger partial charge in [0.2, 0.25) is 23.6 Å². The van der Waals surface area contributed by atoms with Crippen molar-refractivity contribution in [1.29, 1.82) is 0 Å². The zero-order valence-electron chi connectivity index (χ0n) is 25.3. The van der Waals surface area contributed by atoms with Crippen LogP contribution in [0.25, 0.3) is 0 Å². The molecule has 2 heterocycles.